The van der Waals surface area contributed by atoms with Gasteiger partial charge in [0.1, 0.15) is 0 Å². The monoisotopic (exact) mass is 257 g/mol. The summed E-state index contributed by atoms with van der Waals surface area (Å²) in [5.41, 5.74) is 1.88. The maximum absolute atomic E-state index is 4.07. The molecule has 17 heavy (non-hydrogen) atoms. The largest absolute Gasteiger partial charge is 0.298 e. The van der Waals surface area contributed by atoms with E-state index in [1.807, 2.05) is 6.20 Å². The third-order valence-corrected chi connectivity index (χ3v) is 3.97. The van der Waals surface area contributed by atoms with E-state index in [1.165, 1.54) is 31.6 Å². The lowest BCUT2D eigenvalue weighted by Crippen LogP contribution is -2.49. The SMILES string of the molecule is CC1(c2ccn[nH]2)CCN(C(C)(C)C)CC1.Cl. The van der Waals surface area contributed by atoms with Gasteiger partial charge in [0.05, 0.1) is 0 Å². The molecular weight excluding hydrogens is 234 g/mol. The van der Waals surface area contributed by atoms with Gasteiger partial charge >= 0.3 is 0 Å². The second kappa shape index (κ2) is 4.99. The second-order valence-corrected chi connectivity index (χ2v) is 6.19. The van der Waals surface area contributed by atoms with E-state index in [9.17, 15) is 0 Å². The van der Waals surface area contributed by atoms with Gasteiger partial charge in [0.2, 0.25) is 0 Å². The Morgan fingerprint density at radius 3 is 2.29 bits per heavy atom. The Morgan fingerprint density at radius 1 is 1.29 bits per heavy atom. The Kier molecular flexibility index (Phi) is 4.26. The molecule has 1 fully saturated rings. The molecule has 1 aromatic heterocycles. The first-order valence-corrected chi connectivity index (χ1v) is 6.17. The number of H-pyrrole nitrogens is 1. The summed E-state index contributed by atoms with van der Waals surface area (Å²) >= 11 is 0. The van der Waals surface area contributed by atoms with Crippen molar-refractivity contribution in [2.45, 2.75) is 51.5 Å². The first kappa shape index (κ1) is 14.5. The van der Waals surface area contributed by atoms with Gasteiger partial charge in [0.15, 0.2) is 0 Å². The highest BCUT2D eigenvalue weighted by Gasteiger charge is 2.35. The van der Waals surface area contributed by atoms with Gasteiger partial charge in [0, 0.05) is 22.8 Å². The summed E-state index contributed by atoms with van der Waals surface area (Å²) in [5.74, 6) is 0. The number of halogens is 1. The molecule has 0 spiro atoms. The molecule has 0 radical (unpaired) electrons. The summed E-state index contributed by atoms with van der Waals surface area (Å²) in [5, 5.41) is 7.20. The van der Waals surface area contributed by atoms with Crippen LogP contribution < -0.4 is 0 Å². The minimum absolute atomic E-state index is 0. The average molecular weight is 258 g/mol. The summed E-state index contributed by atoms with van der Waals surface area (Å²) < 4.78 is 0. The van der Waals surface area contributed by atoms with Crippen LogP contribution in [0.5, 0.6) is 0 Å². The first-order valence-electron chi connectivity index (χ1n) is 6.17. The number of nitrogens with one attached hydrogen (secondary N) is 1. The van der Waals surface area contributed by atoms with Gasteiger partial charge in [0.25, 0.3) is 0 Å². The zero-order valence-electron chi connectivity index (χ0n) is 11.3. The Morgan fingerprint density at radius 2 is 1.88 bits per heavy atom. The van der Waals surface area contributed by atoms with Gasteiger partial charge in [-0.05, 0) is 52.8 Å². The summed E-state index contributed by atoms with van der Waals surface area (Å²) in [6, 6.07) is 2.12. The smallest absolute Gasteiger partial charge is 0.0490 e. The number of aromatic nitrogens is 2. The van der Waals surface area contributed by atoms with Crippen molar-refractivity contribution in [1.29, 1.82) is 0 Å². The molecule has 0 amide bonds. The second-order valence-electron chi connectivity index (χ2n) is 6.19. The van der Waals surface area contributed by atoms with Gasteiger partial charge in [-0.25, -0.2) is 0 Å². The van der Waals surface area contributed by atoms with Gasteiger partial charge < -0.3 is 0 Å². The molecule has 0 atom stereocenters. The molecule has 0 saturated carbocycles. The van der Waals surface area contributed by atoms with E-state index < -0.39 is 0 Å². The average Bonchev–Trinajstić information content (AvgIpc) is 2.70. The lowest BCUT2D eigenvalue weighted by atomic mass is 9.77. The van der Waals surface area contributed by atoms with Crippen molar-refractivity contribution in [1.82, 2.24) is 15.1 Å². The molecule has 0 aliphatic carbocycles. The number of hydrogen-bond donors (Lipinski definition) is 1. The molecule has 1 aliphatic heterocycles. The van der Waals surface area contributed by atoms with Crippen LogP contribution in [0.25, 0.3) is 0 Å². The van der Waals surface area contributed by atoms with Crippen molar-refractivity contribution in [3.8, 4) is 0 Å². The van der Waals surface area contributed by atoms with E-state index in [-0.39, 0.29) is 17.8 Å². The fourth-order valence-electron chi connectivity index (χ4n) is 2.53. The van der Waals surface area contributed by atoms with E-state index in [4.69, 9.17) is 0 Å². The fraction of sp³-hybridized carbons (Fsp3) is 0.769. The summed E-state index contributed by atoms with van der Waals surface area (Å²) in [6.07, 6.45) is 4.29. The summed E-state index contributed by atoms with van der Waals surface area (Å²) in [6.45, 7) is 11.6. The Hall–Kier alpha value is -0.540. The van der Waals surface area contributed by atoms with Crippen molar-refractivity contribution < 1.29 is 0 Å². The number of rotatable bonds is 1. The third kappa shape index (κ3) is 3.02. The minimum Gasteiger partial charge on any atom is -0.298 e. The van der Waals surface area contributed by atoms with Crippen LogP contribution in [0, 0.1) is 0 Å². The molecule has 1 aliphatic rings. The Balaban J connectivity index is 0.00000144. The number of nitrogens with zero attached hydrogens (tertiary/aromatic N) is 2. The quantitative estimate of drug-likeness (QED) is 0.839. The number of piperidine rings is 1. The molecule has 1 saturated heterocycles. The molecule has 3 nitrogen and oxygen atoms in total. The van der Waals surface area contributed by atoms with Crippen molar-refractivity contribution in [2.75, 3.05) is 13.1 Å². The first-order chi connectivity index (χ1) is 7.42. The molecule has 2 rings (SSSR count). The molecule has 2 heterocycles. The molecule has 1 N–H and O–H groups in total. The molecule has 0 bridgehead atoms. The van der Waals surface area contributed by atoms with Crippen LogP contribution in [0.15, 0.2) is 12.3 Å². The maximum Gasteiger partial charge on any atom is 0.0490 e. The number of aromatic amines is 1. The van der Waals surface area contributed by atoms with Crippen LogP contribution in [-0.2, 0) is 5.41 Å². The van der Waals surface area contributed by atoms with Gasteiger partial charge in [-0.2, -0.15) is 5.10 Å². The van der Waals surface area contributed by atoms with E-state index >= 15 is 0 Å². The molecule has 1 aromatic rings. The molecule has 0 aromatic carbocycles. The molecule has 98 valence electrons. The zero-order chi connectivity index (χ0) is 11.8. The van der Waals surface area contributed by atoms with E-state index in [0.29, 0.717) is 5.54 Å². The predicted molar refractivity (Wildman–Crippen MR) is 73.7 cm³/mol. The van der Waals surface area contributed by atoms with Crippen LogP contribution >= 0.6 is 12.4 Å². The van der Waals surface area contributed by atoms with Crippen LogP contribution in [0.1, 0.15) is 46.2 Å². The normalized spacial score (nSPS) is 20.9. The highest BCUT2D eigenvalue weighted by atomic mass is 35.5. The molecule has 4 heteroatoms. The van der Waals surface area contributed by atoms with Gasteiger partial charge in [-0.1, -0.05) is 6.92 Å². The maximum atomic E-state index is 4.07. The molecule has 0 unspecified atom stereocenters. The van der Waals surface area contributed by atoms with Gasteiger partial charge in [-0.3, -0.25) is 10.00 Å². The highest BCUT2D eigenvalue weighted by Crippen LogP contribution is 2.35. The lowest BCUT2D eigenvalue weighted by Gasteiger charge is -2.44. The van der Waals surface area contributed by atoms with Crippen molar-refractivity contribution in [2.24, 2.45) is 0 Å². The minimum atomic E-state index is 0. The predicted octanol–water partition coefficient (Wildman–Crippen LogP) is 2.98. The summed E-state index contributed by atoms with van der Waals surface area (Å²) in [4.78, 5) is 2.57. The number of likely N-dealkylation sites (tertiary alicyclic amines) is 1. The molecular formula is C13H24ClN3. The standard InChI is InChI=1S/C13H23N3.ClH/c1-12(2,3)16-9-6-13(4,7-10-16)11-5-8-14-15-11;/h5,8H,6-7,9-10H2,1-4H3,(H,14,15);1H. The van der Waals surface area contributed by atoms with Crippen molar-refractivity contribution in [3.05, 3.63) is 18.0 Å². The summed E-state index contributed by atoms with van der Waals surface area (Å²) in [7, 11) is 0. The number of hydrogen-bond acceptors (Lipinski definition) is 2. The van der Waals surface area contributed by atoms with Crippen LogP contribution in [-0.4, -0.2) is 33.7 Å². The topological polar surface area (TPSA) is 31.9 Å². The third-order valence-electron chi connectivity index (χ3n) is 3.97. The highest BCUT2D eigenvalue weighted by molar-refractivity contribution is 5.85. The van der Waals surface area contributed by atoms with Crippen molar-refractivity contribution >= 4 is 12.4 Å². The van der Waals surface area contributed by atoms with Crippen LogP contribution in [0.2, 0.25) is 0 Å². The van der Waals surface area contributed by atoms with Crippen molar-refractivity contribution in [3.63, 3.8) is 0 Å². The van der Waals surface area contributed by atoms with Crippen LogP contribution in [0.3, 0.4) is 0 Å². The Labute approximate surface area is 110 Å². The lowest BCUT2D eigenvalue weighted by molar-refractivity contribution is 0.0782. The Bertz CT molecular complexity index is 332. The van der Waals surface area contributed by atoms with E-state index in [1.54, 1.807) is 0 Å². The fourth-order valence-corrected chi connectivity index (χ4v) is 2.53. The van der Waals surface area contributed by atoms with E-state index in [2.05, 4.69) is 48.9 Å². The van der Waals surface area contributed by atoms with E-state index in [0.717, 1.165) is 0 Å². The zero-order valence-corrected chi connectivity index (χ0v) is 12.1. The van der Waals surface area contributed by atoms with Crippen LogP contribution in [0.4, 0.5) is 0 Å². The van der Waals surface area contributed by atoms with Gasteiger partial charge in [-0.15, -0.1) is 12.4 Å².